The van der Waals surface area contributed by atoms with Crippen LogP contribution in [0.5, 0.6) is 11.5 Å². The molecule has 4 aromatic rings. The van der Waals surface area contributed by atoms with Crippen LogP contribution in [0.2, 0.25) is 5.02 Å². The Balaban J connectivity index is 1.85. The van der Waals surface area contributed by atoms with Crippen molar-refractivity contribution in [2.45, 2.75) is 13.8 Å². The van der Waals surface area contributed by atoms with E-state index in [1.54, 1.807) is 25.4 Å². The average Bonchev–Trinajstić information content (AvgIpc) is 3.13. The van der Waals surface area contributed by atoms with Crippen LogP contribution in [0.25, 0.3) is 21.2 Å². The Hall–Kier alpha value is -3.09. The Morgan fingerprint density at radius 1 is 1.10 bits per heavy atom. The first-order valence-corrected chi connectivity index (χ1v) is 10.4. The SMILES string of the molecule is Cc1cc(Oc2ccc(C)c(Cl)c2)cc(-c2cn(C)c(=O)c3cc(C(N)=O)sc23)c1. The van der Waals surface area contributed by atoms with E-state index in [1.807, 2.05) is 44.2 Å². The van der Waals surface area contributed by atoms with E-state index in [-0.39, 0.29) is 5.56 Å². The van der Waals surface area contributed by atoms with E-state index >= 15 is 0 Å². The number of carbonyl (C=O) groups excluding carboxylic acids is 1. The fraction of sp³-hybridized carbons (Fsp3) is 0.130. The summed E-state index contributed by atoms with van der Waals surface area (Å²) in [6.07, 6.45) is 1.77. The van der Waals surface area contributed by atoms with E-state index in [4.69, 9.17) is 22.1 Å². The summed E-state index contributed by atoms with van der Waals surface area (Å²) in [7, 11) is 1.69. The number of nitrogens with zero attached hydrogens (tertiary/aromatic N) is 1. The van der Waals surface area contributed by atoms with Crippen LogP contribution in [0.3, 0.4) is 0 Å². The van der Waals surface area contributed by atoms with Gasteiger partial charge in [-0.15, -0.1) is 11.3 Å². The summed E-state index contributed by atoms with van der Waals surface area (Å²) in [6.45, 7) is 3.91. The highest BCUT2D eigenvalue weighted by Gasteiger charge is 2.16. The number of rotatable bonds is 4. The molecule has 0 saturated carbocycles. The van der Waals surface area contributed by atoms with Gasteiger partial charge in [0.25, 0.3) is 11.5 Å². The van der Waals surface area contributed by atoms with Crippen LogP contribution < -0.4 is 16.0 Å². The number of aromatic nitrogens is 1. The molecule has 2 aromatic carbocycles. The molecule has 30 heavy (non-hydrogen) atoms. The molecule has 7 heteroatoms. The van der Waals surface area contributed by atoms with Crippen LogP contribution >= 0.6 is 22.9 Å². The molecule has 0 aliphatic rings. The Morgan fingerprint density at radius 2 is 1.87 bits per heavy atom. The number of carbonyl (C=O) groups is 1. The predicted octanol–water partition coefficient (Wildman–Crippen LogP) is 5.43. The number of pyridine rings is 1. The highest BCUT2D eigenvalue weighted by molar-refractivity contribution is 7.21. The van der Waals surface area contributed by atoms with Gasteiger partial charge in [0, 0.05) is 28.5 Å². The van der Waals surface area contributed by atoms with Gasteiger partial charge >= 0.3 is 0 Å². The van der Waals surface area contributed by atoms with Gasteiger partial charge in [0.2, 0.25) is 0 Å². The molecule has 152 valence electrons. The number of ether oxygens (including phenoxy) is 1. The van der Waals surface area contributed by atoms with E-state index in [0.717, 1.165) is 27.0 Å². The molecule has 0 atom stereocenters. The molecule has 0 aliphatic carbocycles. The number of halogens is 1. The summed E-state index contributed by atoms with van der Waals surface area (Å²) in [5, 5.41) is 1.11. The van der Waals surface area contributed by atoms with Gasteiger partial charge in [-0.1, -0.05) is 23.7 Å². The second-order valence-electron chi connectivity index (χ2n) is 7.22. The Labute approximate surface area is 182 Å². The van der Waals surface area contributed by atoms with E-state index < -0.39 is 5.91 Å². The molecule has 5 nitrogen and oxygen atoms in total. The molecule has 0 spiro atoms. The van der Waals surface area contributed by atoms with Gasteiger partial charge in [0.05, 0.1) is 10.3 Å². The first kappa shape index (κ1) is 20.2. The number of fused-ring (bicyclic) bond motifs is 1. The maximum atomic E-state index is 12.6. The van der Waals surface area contributed by atoms with Crippen LogP contribution in [-0.4, -0.2) is 10.5 Å². The lowest BCUT2D eigenvalue weighted by Gasteiger charge is -2.12. The Bertz CT molecular complexity index is 1370. The molecule has 0 saturated heterocycles. The molecule has 0 radical (unpaired) electrons. The average molecular weight is 439 g/mol. The number of aryl methyl sites for hydroxylation is 3. The normalized spacial score (nSPS) is 11.1. The van der Waals surface area contributed by atoms with Crippen LogP contribution in [-0.2, 0) is 7.05 Å². The summed E-state index contributed by atoms with van der Waals surface area (Å²) < 4.78 is 8.28. The molecule has 1 amide bonds. The van der Waals surface area contributed by atoms with Crippen molar-refractivity contribution in [3.63, 3.8) is 0 Å². The minimum absolute atomic E-state index is 0.170. The van der Waals surface area contributed by atoms with E-state index in [2.05, 4.69) is 0 Å². The first-order chi connectivity index (χ1) is 14.2. The minimum atomic E-state index is -0.547. The Kier molecular flexibility index (Phi) is 5.13. The number of hydrogen-bond donors (Lipinski definition) is 1. The number of nitrogens with two attached hydrogens (primary N) is 1. The van der Waals surface area contributed by atoms with Gasteiger partial charge in [-0.25, -0.2) is 0 Å². The topological polar surface area (TPSA) is 74.3 Å². The number of benzene rings is 2. The summed E-state index contributed by atoms with van der Waals surface area (Å²) in [5.74, 6) is 0.743. The molecular formula is C23H19ClN2O3S. The zero-order valence-corrected chi connectivity index (χ0v) is 18.2. The molecule has 4 rings (SSSR count). The third kappa shape index (κ3) is 3.72. The molecule has 2 heterocycles. The smallest absolute Gasteiger partial charge is 0.259 e. The van der Waals surface area contributed by atoms with E-state index in [0.29, 0.717) is 26.8 Å². The Morgan fingerprint density at radius 3 is 2.57 bits per heavy atom. The predicted molar refractivity (Wildman–Crippen MR) is 122 cm³/mol. The van der Waals surface area contributed by atoms with Gasteiger partial charge in [-0.2, -0.15) is 0 Å². The molecule has 2 N–H and O–H groups in total. The van der Waals surface area contributed by atoms with E-state index in [1.165, 1.54) is 15.9 Å². The first-order valence-electron chi connectivity index (χ1n) is 9.22. The van der Waals surface area contributed by atoms with E-state index in [9.17, 15) is 9.59 Å². The fourth-order valence-electron chi connectivity index (χ4n) is 3.31. The monoisotopic (exact) mass is 438 g/mol. The van der Waals surface area contributed by atoms with Crippen molar-refractivity contribution in [3.05, 3.63) is 80.0 Å². The highest BCUT2D eigenvalue weighted by atomic mass is 35.5. The van der Waals surface area contributed by atoms with Gasteiger partial charge in [-0.05, 0) is 60.9 Å². The zero-order valence-electron chi connectivity index (χ0n) is 16.7. The molecule has 0 unspecified atom stereocenters. The molecular weight excluding hydrogens is 420 g/mol. The van der Waals surface area contributed by atoms with Crippen molar-refractivity contribution in [2.24, 2.45) is 12.8 Å². The summed E-state index contributed by atoms with van der Waals surface area (Å²) >= 11 is 7.44. The van der Waals surface area contributed by atoms with Crippen molar-refractivity contribution >= 4 is 38.9 Å². The lowest BCUT2D eigenvalue weighted by atomic mass is 10.0. The highest BCUT2D eigenvalue weighted by Crippen LogP contribution is 2.36. The number of primary amides is 1. The molecule has 0 fully saturated rings. The molecule has 0 bridgehead atoms. The number of thiophene rings is 1. The van der Waals surface area contributed by atoms with Crippen molar-refractivity contribution in [3.8, 4) is 22.6 Å². The lowest BCUT2D eigenvalue weighted by Crippen LogP contribution is -2.15. The van der Waals surface area contributed by atoms with Crippen molar-refractivity contribution in [2.75, 3.05) is 0 Å². The minimum Gasteiger partial charge on any atom is -0.457 e. The largest absolute Gasteiger partial charge is 0.457 e. The summed E-state index contributed by atoms with van der Waals surface area (Å²) in [6, 6.07) is 13.0. The van der Waals surface area contributed by atoms with Gasteiger partial charge in [0.15, 0.2) is 0 Å². The zero-order chi connectivity index (χ0) is 21.6. The second-order valence-corrected chi connectivity index (χ2v) is 8.68. The van der Waals surface area contributed by atoms with Crippen molar-refractivity contribution in [1.82, 2.24) is 4.57 Å². The number of amides is 1. The van der Waals surface area contributed by atoms with Crippen molar-refractivity contribution < 1.29 is 9.53 Å². The number of hydrogen-bond acceptors (Lipinski definition) is 4. The van der Waals surface area contributed by atoms with Crippen molar-refractivity contribution in [1.29, 1.82) is 0 Å². The van der Waals surface area contributed by atoms with Crippen LogP contribution in [0, 0.1) is 13.8 Å². The molecule has 2 aromatic heterocycles. The third-order valence-corrected chi connectivity index (χ3v) is 6.42. The fourth-order valence-corrected chi connectivity index (χ4v) is 4.52. The second kappa shape index (κ2) is 7.63. The van der Waals surface area contributed by atoms with Gasteiger partial charge < -0.3 is 15.0 Å². The van der Waals surface area contributed by atoms with Crippen LogP contribution in [0.4, 0.5) is 0 Å². The summed E-state index contributed by atoms with van der Waals surface area (Å²) in [5.41, 5.74) is 8.95. The van der Waals surface area contributed by atoms with Gasteiger partial charge in [-0.3, -0.25) is 9.59 Å². The van der Waals surface area contributed by atoms with Gasteiger partial charge in [0.1, 0.15) is 11.5 Å². The van der Waals surface area contributed by atoms with Crippen LogP contribution in [0.1, 0.15) is 20.8 Å². The quantitative estimate of drug-likeness (QED) is 0.461. The lowest BCUT2D eigenvalue weighted by molar-refractivity contribution is 0.100. The maximum Gasteiger partial charge on any atom is 0.259 e. The van der Waals surface area contributed by atoms with Crippen LogP contribution in [0.15, 0.2) is 53.5 Å². The maximum absolute atomic E-state index is 12.6. The summed E-state index contributed by atoms with van der Waals surface area (Å²) in [4.78, 5) is 24.6. The third-order valence-electron chi connectivity index (χ3n) is 4.83. The molecule has 0 aliphatic heterocycles. The standard InChI is InChI=1S/C23H19ClN2O3S/c1-12-6-14(8-16(7-12)29-15-5-4-13(2)19(24)9-15)18-11-26(3)23(28)17-10-20(22(25)27)30-21(17)18/h4-11H,1-3H3,(H2,25,27).